The van der Waals surface area contributed by atoms with Crippen molar-refractivity contribution in [3.63, 3.8) is 0 Å². The Hall–Kier alpha value is -4.43. The van der Waals surface area contributed by atoms with Crippen LogP contribution in [0.4, 0.5) is 21.7 Å². The van der Waals surface area contributed by atoms with E-state index in [1.54, 1.807) is 19.4 Å². The molecular weight excluding hydrogens is 617 g/mol. The largest absolute Gasteiger partial charge is 0.508 e. The van der Waals surface area contributed by atoms with Crippen LogP contribution in [0.25, 0.3) is 11.3 Å². The minimum atomic E-state index is -0.496. The summed E-state index contributed by atoms with van der Waals surface area (Å²) in [5.41, 5.74) is 12.1. The van der Waals surface area contributed by atoms with Gasteiger partial charge in [-0.05, 0) is 69.7 Å². The van der Waals surface area contributed by atoms with Gasteiger partial charge < -0.3 is 31.9 Å². The predicted molar refractivity (Wildman–Crippen MR) is 184 cm³/mol. The van der Waals surface area contributed by atoms with Gasteiger partial charge in [-0.25, -0.2) is 14.4 Å². The normalized spacial score (nSPS) is 20.4. The highest BCUT2D eigenvalue weighted by atomic mass is 19.1. The van der Waals surface area contributed by atoms with Gasteiger partial charge in [0.2, 0.25) is 6.41 Å². The Morgan fingerprint density at radius 3 is 2.44 bits per heavy atom. The quantitative estimate of drug-likeness (QED) is 0.141. The van der Waals surface area contributed by atoms with E-state index in [0.29, 0.717) is 47.5 Å². The Morgan fingerprint density at radius 1 is 1.17 bits per heavy atom. The highest BCUT2D eigenvalue weighted by molar-refractivity contribution is 5.78. The molecule has 2 fully saturated rings. The first-order valence-corrected chi connectivity index (χ1v) is 16.3. The van der Waals surface area contributed by atoms with Crippen molar-refractivity contribution in [2.45, 2.75) is 78.3 Å². The number of hydrogen-bond acceptors (Lipinski definition) is 12. The van der Waals surface area contributed by atoms with Crippen LogP contribution in [0.1, 0.15) is 71.9 Å². The number of carbonyl (C=O) groups excluding carboxylic acids is 2. The second-order valence-corrected chi connectivity index (χ2v) is 12.9. The number of primary amides is 1. The van der Waals surface area contributed by atoms with Crippen LogP contribution in [0.5, 0.6) is 5.75 Å². The van der Waals surface area contributed by atoms with E-state index in [4.69, 9.17) is 15.3 Å². The second-order valence-electron chi connectivity index (χ2n) is 12.9. The van der Waals surface area contributed by atoms with Crippen LogP contribution in [0.15, 0.2) is 36.7 Å². The van der Waals surface area contributed by atoms with E-state index in [1.807, 2.05) is 19.9 Å². The van der Waals surface area contributed by atoms with Crippen LogP contribution in [0, 0.1) is 17.2 Å². The first-order chi connectivity index (χ1) is 22.8. The molecular formula is C34H50FN9O4. The fourth-order valence-corrected chi connectivity index (χ4v) is 5.62. The molecule has 7 N–H and O–H groups in total. The predicted octanol–water partition coefficient (Wildman–Crippen LogP) is 4.57. The van der Waals surface area contributed by atoms with Gasteiger partial charge in [0.25, 0.3) is 0 Å². The lowest BCUT2D eigenvalue weighted by molar-refractivity contribution is -0.145. The number of hydrogen-bond donors (Lipinski definition) is 5. The van der Waals surface area contributed by atoms with Crippen molar-refractivity contribution in [3.05, 3.63) is 48.2 Å². The summed E-state index contributed by atoms with van der Waals surface area (Å²) in [6, 6.07) is 8.10. The molecule has 2 aromatic heterocycles. The van der Waals surface area contributed by atoms with E-state index in [2.05, 4.69) is 62.2 Å². The van der Waals surface area contributed by atoms with Gasteiger partial charge in [-0.2, -0.15) is 0 Å². The second kappa shape index (κ2) is 17.6. The van der Waals surface area contributed by atoms with Crippen molar-refractivity contribution in [1.29, 1.82) is 0 Å². The number of aromatic hydroxyl groups is 1. The number of phenolic OH excluding ortho intramolecular Hbond substituents is 1. The third kappa shape index (κ3) is 10.3. The van der Waals surface area contributed by atoms with E-state index >= 15 is 0 Å². The van der Waals surface area contributed by atoms with Crippen molar-refractivity contribution in [2.75, 3.05) is 37.4 Å². The molecule has 2 aliphatic rings. The molecule has 13 nitrogen and oxygen atoms in total. The number of ether oxygens (including phenoxy) is 1. The van der Waals surface area contributed by atoms with Gasteiger partial charge in [0.05, 0.1) is 23.4 Å². The molecule has 1 aliphatic carbocycles. The van der Waals surface area contributed by atoms with Crippen LogP contribution in [0.3, 0.4) is 0 Å². The SMILES string of the molecule is CCC1(C)CCOC1=O.CNc1nnc(-c2cc(O)ccc2F)cc1Nc1cc(C2CC(N(CC(C)C)CC(C)N)C2)ncn1.NC=O. The first kappa shape index (κ1) is 38.0. The third-order valence-corrected chi connectivity index (χ3v) is 8.54. The highest BCUT2D eigenvalue weighted by Crippen LogP contribution is 2.40. The number of nitrogens with one attached hydrogen (secondary N) is 2. The van der Waals surface area contributed by atoms with E-state index < -0.39 is 5.82 Å². The Labute approximate surface area is 282 Å². The zero-order chi connectivity index (χ0) is 35.4. The molecule has 1 aromatic carbocycles. The number of nitrogens with zero attached hydrogens (tertiary/aromatic N) is 5. The Bertz CT molecular complexity index is 1490. The van der Waals surface area contributed by atoms with Crippen LogP contribution < -0.4 is 22.1 Å². The standard InChI is InChI=1S/C26H35FN8O.C7H12O2.CH3NO/c1-15(2)12-35(13-16(3)28)18-7-17(8-18)22-11-25(31-14-30-22)32-24-10-23(33-34-26(24)29-4)20-9-19(36)5-6-21(20)27;1-3-7(2)4-5-9-6(7)8;2-1-3/h5-6,9-11,14-18,36H,7-8,12-13,28H2,1-4H3,(H,29,34)(H,30,31,32,33);3-5H2,1-2H3;1H,(H2,2,3). The van der Waals surface area contributed by atoms with Crippen molar-refractivity contribution < 1.29 is 23.8 Å². The monoisotopic (exact) mass is 667 g/mol. The van der Waals surface area contributed by atoms with Crippen LogP contribution >= 0.6 is 0 Å². The van der Waals surface area contributed by atoms with E-state index in [0.717, 1.165) is 44.5 Å². The number of benzene rings is 1. The molecule has 48 heavy (non-hydrogen) atoms. The molecule has 1 aliphatic heterocycles. The fourth-order valence-electron chi connectivity index (χ4n) is 5.62. The van der Waals surface area contributed by atoms with Crippen LogP contribution in [0.2, 0.25) is 0 Å². The molecule has 0 spiro atoms. The van der Waals surface area contributed by atoms with Crippen LogP contribution in [-0.4, -0.2) is 81.4 Å². The van der Waals surface area contributed by atoms with Gasteiger partial charge in [-0.1, -0.05) is 20.8 Å². The Kier molecular flexibility index (Phi) is 14.0. The maximum absolute atomic E-state index is 14.4. The van der Waals surface area contributed by atoms with Gasteiger partial charge in [0.15, 0.2) is 5.82 Å². The summed E-state index contributed by atoms with van der Waals surface area (Å²) in [5, 5.41) is 24.3. The number of anilines is 3. The van der Waals surface area contributed by atoms with Gasteiger partial charge >= 0.3 is 5.97 Å². The van der Waals surface area contributed by atoms with Gasteiger partial charge in [-0.3, -0.25) is 14.5 Å². The number of rotatable bonds is 11. The number of phenols is 1. The summed E-state index contributed by atoms with van der Waals surface area (Å²) >= 11 is 0. The number of esters is 1. The lowest BCUT2D eigenvalue weighted by Gasteiger charge is -2.44. The lowest BCUT2D eigenvalue weighted by atomic mass is 9.76. The van der Waals surface area contributed by atoms with Gasteiger partial charge in [-0.15, -0.1) is 10.2 Å². The molecule has 262 valence electrons. The molecule has 3 aromatic rings. The molecule has 2 unspecified atom stereocenters. The van der Waals surface area contributed by atoms with E-state index in [-0.39, 0.29) is 35.1 Å². The topological polar surface area (TPSA) is 194 Å². The maximum atomic E-state index is 14.4. The molecule has 14 heteroatoms. The zero-order valence-corrected chi connectivity index (χ0v) is 28.7. The van der Waals surface area contributed by atoms with E-state index in [1.165, 1.54) is 18.2 Å². The summed E-state index contributed by atoms with van der Waals surface area (Å²) in [7, 11) is 1.73. The number of aromatic nitrogens is 4. The molecule has 0 bridgehead atoms. The molecule has 1 amide bonds. The van der Waals surface area contributed by atoms with Crippen molar-refractivity contribution in [1.82, 2.24) is 25.1 Å². The van der Waals surface area contributed by atoms with Gasteiger partial charge in [0, 0.05) is 55.5 Å². The van der Waals surface area contributed by atoms with Crippen LogP contribution in [-0.2, 0) is 14.3 Å². The number of halogens is 1. The smallest absolute Gasteiger partial charge is 0.311 e. The lowest BCUT2D eigenvalue weighted by Crippen LogP contribution is -2.49. The van der Waals surface area contributed by atoms with Gasteiger partial charge in [0.1, 0.15) is 23.7 Å². The average molecular weight is 668 g/mol. The third-order valence-electron chi connectivity index (χ3n) is 8.54. The molecule has 1 saturated heterocycles. The molecule has 5 rings (SSSR count). The molecule has 3 heterocycles. The summed E-state index contributed by atoms with van der Waals surface area (Å²) in [4.78, 5) is 30.9. The number of amides is 1. The summed E-state index contributed by atoms with van der Waals surface area (Å²) in [5.74, 6) is 1.49. The summed E-state index contributed by atoms with van der Waals surface area (Å²) < 4.78 is 19.2. The minimum Gasteiger partial charge on any atom is -0.508 e. The fraction of sp³-hybridized carbons (Fsp3) is 0.529. The maximum Gasteiger partial charge on any atom is 0.311 e. The zero-order valence-electron chi connectivity index (χ0n) is 28.7. The molecule has 1 saturated carbocycles. The summed E-state index contributed by atoms with van der Waals surface area (Å²) in [6.07, 6.45) is 5.67. The summed E-state index contributed by atoms with van der Waals surface area (Å²) in [6.45, 7) is 13.1. The first-order valence-electron chi connectivity index (χ1n) is 16.3. The molecule has 0 radical (unpaired) electrons. The van der Waals surface area contributed by atoms with Crippen molar-refractivity contribution in [3.8, 4) is 17.0 Å². The Morgan fingerprint density at radius 2 is 1.88 bits per heavy atom. The molecule has 2 atom stereocenters. The number of nitrogens with two attached hydrogens (primary N) is 2. The number of cyclic esters (lactones) is 1. The van der Waals surface area contributed by atoms with Crippen molar-refractivity contribution in [2.24, 2.45) is 22.8 Å². The number of carbonyl (C=O) groups is 2. The average Bonchev–Trinajstić information content (AvgIpc) is 3.36. The van der Waals surface area contributed by atoms with Crippen molar-refractivity contribution >= 4 is 29.7 Å². The Balaban J connectivity index is 0.000000441. The van der Waals surface area contributed by atoms with E-state index in [9.17, 15) is 14.3 Å². The minimum absolute atomic E-state index is 0.0231. The highest BCUT2D eigenvalue weighted by Gasteiger charge is 2.38.